The number of nitrogens with zero attached hydrogens (tertiary/aromatic N) is 2. The molecule has 0 saturated heterocycles. The predicted molar refractivity (Wildman–Crippen MR) is 75.1 cm³/mol. The fourth-order valence-electron chi connectivity index (χ4n) is 1.21. The number of carbonyl (C=O) groups is 1. The van der Waals surface area contributed by atoms with Gasteiger partial charge in [0.1, 0.15) is 0 Å². The van der Waals surface area contributed by atoms with Gasteiger partial charge in [0.2, 0.25) is 5.95 Å². The van der Waals surface area contributed by atoms with Gasteiger partial charge < -0.3 is 4.74 Å². The second-order valence-corrected chi connectivity index (χ2v) is 4.82. The molecule has 0 radical (unpaired) electrons. The van der Waals surface area contributed by atoms with E-state index in [4.69, 9.17) is 16.3 Å². The topological polar surface area (TPSA) is 79.9 Å². The van der Waals surface area contributed by atoms with Gasteiger partial charge in [-0.2, -0.15) is 4.98 Å². The lowest BCUT2D eigenvalue weighted by Gasteiger charge is -2.02. The maximum absolute atomic E-state index is 11.9. The highest BCUT2D eigenvalue weighted by Crippen LogP contribution is 2.20. The Hall–Kier alpha value is -1.35. The number of carbonyl (C=O) groups excluding carboxylic acids is 1. The molecule has 1 aromatic heterocycles. The zero-order valence-corrected chi connectivity index (χ0v) is 12.1. The van der Waals surface area contributed by atoms with Gasteiger partial charge in [0.25, 0.3) is 5.91 Å². The van der Waals surface area contributed by atoms with Gasteiger partial charge in [-0.15, -0.1) is 5.10 Å². The fraction of sp³-hybridized carbons (Fsp3) is 0.100. The summed E-state index contributed by atoms with van der Waals surface area (Å²) in [5, 5.41) is 9.32. The Bertz CT molecular complexity index is 587. The number of anilines is 1. The summed E-state index contributed by atoms with van der Waals surface area (Å²) in [6.45, 7) is 0. The Morgan fingerprint density at radius 2 is 2.33 bits per heavy atom. The molecule has 0 bridgehead atoms. The molecule has 0 aliphatic rings. The van der Waals surface area contributed by atoms with E-state index in [1.807, 2.05) is 0 Å². The maximum atomic E-state index is 11.9. The van der Waals surface area contributed by atoms with E-state index in [-0.39, 0.29) is 17.9 Å². The van der Waals surface area contributed by atoms with Crippen molar-refractivity contribution in [2.24, 2.45) is 0 Å². The molecule has 0 aliphatic carbocycles. The standard InChI is InChI=1S/C10H8ClIN4O2/c1-18-10-14-9(15-16-10)13-8(17)5-2-3-7(12)6(11)4-5/h2-4H,1H3,(H2,13,14,15,16,17). The molecular formula is C10H8ClIN4O2. The van der Waals surface area contributed by atoms with Gasteiger partial charge in [-0.25, -0.2) is 5.10 Å². The molecule has 2 rings (SSSR count). The van der Waals surface area contributed by atoms with Crippen LogP contribution in [0, 0.1) is 3.57 Å². The molecule has 1 amide bonds. The highest BCUT2D eigenvalue weighted by Gasteiger charge is 2.11. The Kier molecular flexibility index (Phi) is 4.02. The fourth-order valence-corrected chi connectivity index (χ4v) is 1.73. The van der Waals surface area contributed by atoms with E-state index >= 15 is 0 Å². The van der Waals surface area contributed by atoms with Gasteiger partial charge in [-0.3, -0.25) is 10.1 Å². The van der Waals surface area contributed by atoms with Crippen molar-refractivity contribution in [3.05, 3.63) is 32.4 Å². The van der Waals surface area contributed by atoms with E-state index in [9.17, 15) is 4.79 Å². The van der Waals surface area contributed by atoms with E-state index in [2.05, 4.69) is 43.1 Å². The van der Waals surface area contributed by atoms with Crippen LogP contribution in [0.2, 0.25) is 5.02 Å². The summed E-state index contributed by atoms with van der Waals surface area (Å²) in [6.07, 6.45) is 0. The summed E-state index contributed by atoms with van der Waals surface area (Å²) < 4.78 is 5.67. The molecule has 94 valence electrons. The zero-order valence-electron chi connectivity index (χ0n) is 9.20. The van der Waals surface area contributed by atoms with Crippen molar-refractivity contribution in [3.63, 3.8) is 0 Å². The van der Waals surface area contributed by atoms with Crippen LogP contribution in [0.15, 0.2) is 18.2 Å². The quantitative estimate of drug-likeness (QED) is 0.804. The van der Waals surface area contributed by atoms with E-state index < -0.39 is 0 Å². The van der Waals surface area contributed by atoms with Crippen molar-refractivity contribution in [1.29, 1.82) is 0 Å². The van der Waals surface area contributed by atoms with Crippen molar-refractivity contribution in [1.82, 2.24) is 15.2 Å². The van der Waals surface area contributed by atoms with Crippen molar-refractivity contribution in [2.45, 2.75) is 0 Å². The second-order valence-electron chi connectivity index (χ2n) is 3.25. The number of rotatable bonds is 3. The average molecular weight is 379 g/mol. The van der Waals surface area contributed by atoms with Crippen molar-refractivity contribution in [3.8, 4) is 6.01 Å². The van der Waals surface area contributed by atoms with Crippen LogP contribution in [-0.2, 0) is 0 Å². The summed E-state index contributed by atoms with van der Waals surface area (Å²) >= 11 is 8.03. The first-order chi connectivity index (χ1) is 8.60. The zero-order chi connectivity index (χ0) is 13.1. The van der Waals surface area contributed by atoms with Gasteiger partial charge in [0, 0.05) is 9.13 Å². The molecule has 0 aliphatic heterocycles. The number of methoxy groups -OCH3 is 1. The van der Waals surface area contributed by atoms with Crippen molar-refractivity contribution in [2.75, 3.05) is 12.4 Å². The predicted octanol–water partition coefficient (Wildman–Crippen LogP) is 2.32. The van der Waals surface area contributed by atoms with Crippen molar-refractivity contribution < 1.29 is 9.53 Å². The van der Waals surface area contributed by atoms with Gasteiger partial charge in [-0.1, -0.05) is 11.6 Å². The summed E-state index contributed by atoms with van der Waals surface area (Å²) in [7, 11) is 1.44. The first-order valence-electron chi connectivity index (χ1n) is 4.83. The third kappa shape index (κ3) is 2.91. The van der Waals surface area contributed by atoms with E-state index in [1.165, 1.54) is 7.11 Å². The van der Waals surface area contributed by atoms with Crippen LogP contribution in [0.5, 0.6) is 6.01 Å². The van der Waals surface area contributed by atoms with Gasteiger partial charge in [0.05, 0.1) is 12.1 Å². The monoisotopic (exact) mass is 378 g/mol. The van der Waals surface area contributed by atoms with Crippen LogP contribution >= 0.6 is 34.2 Å². The second kappa shape index (κ2) is 5.53. The summed E-state index contributed by atoms with van der Waals surface area (Å²) in [4.78, 5) is 15.8. The molecule has 1 aromatic carbocycles. The van der Waals surface area contributed by atoms with Gasteiger partial charge in [-0.05, 0) is 40.8 Å². The minimum atomic E-state index is -0.327. The summed E-state index contributed by atoms with van der Waals surface area (Å²) in [6, 6.07) is 5.19. The Balaban J connectivity index is 2.14. The molecule has 8 heteroatoms. The first kappa shape index (κ1) is 13.1. The lowest BCUT2D eigenvalue weighted by Crippen LogP contribution is -2.13. The van der Waals surface area contributed by atoms with E-state index in [0.29, 0.717) is 10.6 Å². The smallest absolute Gasteiger partial charge is 0.336 e. The molecule has 0 spiro atoms. The molecule has 0 atom stereocenters. The van der Waals surface area contributed by atoms with Crippen molar-refractivity contribution >= 4 is 46.0 Å². The van der Waals surface area contributed by atoms with Gasteiger partial charge >= 0.3 is 6.01 Å². The number of halogens is 2. The lowest BCUT2D eigenvalue weighted by atomic mass is 10.2. The van der Waals surface area contributed by atoms with Crippen LogP contribution in [0.1, 0.15) is 10.4 Å². The highest BCUT2D eigenvalue weighted by molar-refractivity contribution is 14.1. The molecule has 0 unspecified atom stereocenters. The summed E-state index contributed by atoms with van der Waals surface area (Å²) in [5.41, 5.74) is 0.441. The van der Waals surface area contributed by atoms with Crippen LogP contribution in [0.4, 0.5) is 5.95 Å². The number of nitrogens with one attached hydrogen (secondary N) is 2. The number of ether oxygens (including phenoxy) is 1. The molecule has 6 nitrogen and oxygen atoms in total. The van der Waals surface area contributed by atoms with Crippen LogP contribution in [-0.4, -0.2) is 28.2 Å². The Morgan fingerprint density at radius 1 is 1.56 bits per heavy atom. The van der Waals surface area contributed by atoms with Crippen LogP contribution < -0.4 is 10.1 Å². The number of H-pyrrole nitrogens is 1. The number of amides is 1. The molecule has 1 heterocycles. The molecular weight excluding hydrogens is 370 g/mol. The maximum Gasteiger partial charge on any atom is 0.336 e. The molecule has 2 aromatic rings. The SMILES string of the molecule is COc1n[nH]c(NC(=O)c2ccc(I)c(Cl)c2)n1. The third-order valence-electron chi connectivity index (χ3n) is 2.06. The van der Waals surface area contributed by atoms with E-state index in [1.54, 1.807) is 18.2 Å². The lowest BCUT2D eigenvalue weighted by molar-refractivity contribution is 0.102. The van der Waals surface area contributed by atoms with E-state index in [0.717, 1.165) is 3.57 Å². The molecule has 18 heavy (non-hydrogen) atoms. The molecule has 0 saturated carbocycles. The minimum absolute atomic E-state index is 0.158. The number of benzene rings is 1. The van der Waals surface area contributed by atoms with Crippen LogP contribution in [0.3, 0.4) is 0 Å². The minimum Gasteiger partial charge on any atom is -0.466 e. The van der Waals surface area contributed by atoms with Crippen LogP contribution in [0.25, 0.3) is 0 Å². The first-order valence-corrected chi connectivity index (χ1v) is 6.28. The third-order valence-corrected chi connectivity index (χ3v) is 3.63. The average Bonchev–Trinajstić information content (AvgIpc) is 2.80. The number of aromatic amines is 1. The normalized spacial score (nSPS) is 10.2. The number of hydrogen-bond donors (Lipinski definition) is 2. The Morgan fingerprint density at radius 3 is 2.94 bits per heavy atom. The molecule has 2 N–H and O–H groups in total. The highest BCUT2D eigenvalue weighted by atomic mass is 127. The van der Waals surface area contributed by atoms with Gasteiger partial charge in [0.15, 0.2) is 0 Å². The Labute approximate surface area is 121 Å². The number of aromatic nitrogens is 3. The number of hydrogen-bond acceptors (Lipinski definition) is 4. The summed E-state index contributed by atoms with van der Waals surface area (Å²) in [5.74, 6) is -0.112. The molecule has 0 fully saturated rings. The largest absolute Gasteiger partial charge is 0.466 e.